The van der Waals surface area contributed by atoms with Gasteiger partial charge in [-0.15, -0.1) is 0 Å². The van der Waals surface area contributed by atoms with Crippen LogP contribution in [0.15, 0.2) is 24.3 Å². The lowest BCUT2D eigenvalue weighted by atomic mass is 10.0. The molecule has 0 N–H and O–H groups in total. The summed E-state index contributed by atoms with van der Waals surface area (Å²) in [6.45, 7) is 4.13. The average Bonchev–Trinajstić information content (AvgIpc) is 2.30. The van der Waals surface area contributed by atoms with E-state index in [0.29, 0.717) is 6.04 Å². The molecule has 2 rings (SSSR count). The molecule has 1 aliphatic heterocycles. The minimum absolute atomic E-state index is 0.591. The van der Waals surface area contributed by atoms with Crippen molar-refractivity contribution in [3.05, 3.63) is 29.8 Å². The quantitative estimate of drug-likeness (QED) is 0.775. The SMILES string of the molecule is Cc1ccccc1OCC1CCCCN1C. The van der Waals surface area contributed by atoms with Crippen molar-refractivity contribution in [2.45, 2.75) is 32.2 Å². The summed E-state index contributed by atoms with van der Waals surface area (Å²) in [5, 5.41) is 0. The van der Waals surface area contributed by atoms with E-state index in [0.717, 1.165) is 12.4 Å². The van der Waals surface area contributed by atoms with Crippen molar-refractivity contribution >= 4 is 0 Å². The van der Waals surface area contributed by atoms with Crippen LogP contribution in [0.1, 0.15) is 24.8 Å². The van der Waals surface area contributed by atoms with Gasteiger partial charge >= 0.3 is 0 Å². The van der Waals surface area contributed by atoms with E-state index in [1.807, 2.05) is 6.07 Å². The second-order valence-corrected chi connectivity index (χ2v) is 4.71. The van der Waals surface area contributed by atoms with E-state index in [4.69, 9.17) is 4.74 Å². The van der Waals surface area contributed by atoms with Gasteiger partial charge in [0.2, 0.25) is 0 Å². The summed E-state index contributed by atoms with van der Waals surface area (Å²) in [5.41, 5.74) is 1.22. The predicted octanol–water partition coefficient (Wildman–Crippen LogP) is 2.86. The topological polar surface area (TPSA) is 12.5 Å². The molecule has 0 amide bonds. The van der Waals surface area contributed by atoms with Crippen molar-refractivity contribution < 1.29 is 4.74 Å². The molecule has 1 atom stereocenters. The number of hydrogen-bond acceptors (Lipinski definition) is 2. The van der Waals surface area contributed by atoms with Crippen LogP contribution in [0.3, 0.4) is 0 Å². The lowest BCUT2D eigenvalue weighted by molar-refractivity contribution is 0.125. The fourth-order valence-electron chi connectivity index (χ4n) is 2.26. The van der Waals surface area contributed by atoms with Crippen molar-refractivity contribution in [1.29, 1.82) is 0 Å². The van der Waals surface area contributed by atoms with Gasteiger partial charge in [-0.3, -0.25) is 0 Å². The number of ether oxygens (including phenoxy) is 1. The molecule has 2 heteroatoms. The predicted molar refractivity (Wildman–Crippen MR) is 66.9 cm³/mol. The zero-order valence-electron chi connectivity index (χ0n) is 10.3. The molecule has 1 heterocycles. The van der Waals surface area contributed by atoms with E-state index >= 15 is 0 Å². The number of likely N-dealkylation sites (N-methyl/N-ethyl adjacent to an activating group) is 1. The van der Waals surface area contributed by atoms with Gasteiger partial charge in [-0.25, -0.2) is 0 Å². The molecule has 0 spiro atoms. The zero-order chi connectivity index (χ0) is 11.4. The first-order valence-electron chi connectivity index (χ1n) is 6.16. The maximum absolute atomic E-state index is 5.90. The van der Waals surface area contributed by atoms with E-state index in [-0.39, 0.29) is 0 Å². The highest BCUT2D eigenvalue weighted by molar-refractivity contribution is 5.31. The molecule has 0 saturated carbocycles. The summed E-state index contributed by atoms with van der Waals surface area (Å²) >= 11 is 0. The van der Waals surface area contributed by atoms with E-state index < -0.39 is 0 Å². The zero-order valence-corrected chi connectivity index (χ0v) is 10.3. The summed E-state index contributed by atoms with van der Waals surface area (Å²) in [6.07, 6.45) is 3.94. The lowest BCUT2D eigenvalue weighted by Gasteiger charge is -2.32. The number of hydrogen-bond donors (Lipinski definition) is 0. The van der Waals surface area contributed by atoms with Crippen LogP contribution in [-0.2, 0) is 0 Å². The van der Waals surface area contributed by atoms with Gasteiger partial charge in [0.25, 0.3) is 0 Å². The fraction of sp³-hybridized carbons (Fsp3) is 0.571. The molecule has 1 aliphatic rings. The third kappa shape index (κ3) is 2.76. The summed E-state index contributed by atoms with van der Waals surface area (Å²) in [5.74, 6) is 1.03. The Bertz CT molecular complexity index is 337. The minimum atomic E-state index is 0.591. The first-order valence-corrected chi connectivity index (χ1v) is 6.16. The van der Waals surface area contributed by atoms with E-state index in [2.05, 4.69) is 37.1 Å². The molecule has 1 aromatic carbocycles. The number of rotatable bonds is 3. The normalized spacial score (nSPS) is 22.0. The Morgan fingerprint density at radius 1 is 1.31 bits per heavy atom. The monoisotopic (exact) mass is 219 g/mol. The van der Waals surface area contributed by atoms with E-state index in [1.165, 1.54) is 31.4 Å². The third-order valence-electron chi connectivity index (χ3n) is 3.45. The van der Waals surface area contributed by atoms with Crippen LogP contribution in [0, 0.1) is 6.92 Å². The minimum Gasteiger partial charge on any atom is -0.492 e. The van der Waals surface area contributed by atoms with Gasteiger partial charge in [0, 0.05) is 6.04 Å². The van der Waals surface area contributed by atoms with Gasteiger partial charge in [0.15, 0.2) is 0 Å². The third-order valence-corrected chi connectivity index (χ3v) is 3.45. The van der Waals surface area contributed by atoms with Crippen LogP contribution in [0.25, 0.3) is 0 Å². The van der Waals surface area contributed by atoms with Crippen molar-refractivity contribution in [2.75, 3.05) is 20.2 Å². The van der Waals surface area contributed by atoms with Crippen molar-refractivity contribution in [1.82, 2.24) is 4.90 Å². The summed E-state index contributed by atoms with van der Waals surface area (Å²) in [4.78, 5) is 2.42. The maximum Gasteiger partial charge on any atom is 0.122 e. The smallest absolute Gasteiger partial charge is 0.122 e. The molecular formula is C14H21NO. The maximum atomic E-state index is 5.90. The number of aryl methyl sites for hydroxylation is 1. The molecule has 0 bridgehead atoms. The standard InChI is InChI=1S/C14H21NO/c1-12-7-3-4-9-14(12)16-11-13-8-5-6-10-15(13)2/h3-4,7,9,13H,5-6,8,10-11H2,1-2H3. The highest BCUT2D eigenvalue weighted by Gasteiger charge is 2.19. The summed E-state index contributed by atoms with van der Waals surface area (Å²) in [6, 6.07) is 8.83. The second kappa shape index (κ2) is 5.35. The molecule has 0 aliphatic carbocycles. The Morgan fingerprint density at radius 3 is 2.88 bits per heavy atom. The number of nitrogens with zero attached hydrogens (tertiary/aromatic N) is 1. The Kier molecular flexibility index (Phi) is 3.83. The van der Waals surface area contributed by atoms with Crippen LogP contribution in [0.2, 0.25) is 0 Å². The van der Waals surface area contributed by atoms with Crippen LogP contribution < -0.4 is 4.74 Å². The molecule has 0 aromatic heterocycles. The van der Waals surface area contributed by atoms with Gasteiger partial charge in [-0.05, 0) is 45.0 Å². The molecule has 1 fully saturated rings. The second-order valence-electron chi connectivity index (χ2n) is 4.71. The van der Waals surface area contributed by atoms with Gasteiger partial charge in [-0.1, -0.05) is 24.6 Å². The average molecular weight is 219 g/mol. The molecule has 16 heavy (non-hydrogen) atoms. The molecule has 1 unspecified atom stereocenters. The number of likely N-dealkylation sites (tertiary alicyclic amines) is 1. The van der Waals surface area contributed by atoms with Crippen LogP contribution in [0.4, 0.5) is 0 Å². The Labute approximate surface area is 98.2 Å². The van der Waals surface area contributed by atoms with Crippen LogP contribution >= 0.6 is 0 Å². The Morgan fingerprint density at radius 2 is 2.12 bits per heavy atom. The van der Waals surface area contributed by atoms with Gasteiger partial charge in [0.05, 0.1) is 0 Å². The fourth-order valence-corrected chi connectivity index (χ4v) is 2.26. The number of benzene rings is 1. The highest BCUT2D eigenvalue weighted by Crippen LogP contribution is 2.19. The van der Waals surface area contributed by atoms with Crippen molar-refractivity contribution in [3.8, 4) is 5.75 Å². The highest BCUT2D eigenvalue weighted by atomic mass is 16.5. The number of piperidine rings is 1. The van der Waals surface area contributed by atoms with E-state index in [1.54, 1.807) is 0 Å². The van der Waals surface area contributed by atoms with Crippen molar-refractivity contribution in [2.24, 2.45) is 0 Å². The summed E-state index contributed by atoms with van der Waals surface area (Å²) < 4.78 is 5.90. The molecular weight excluding hydrogens is 198 g/mol. The van der Waals surface area contributed by atoms with Gasteiger partial charge < -0.3 is 9.64 Å². The van der Waals surface area contributed by atoms with E-state index in [9.17, 15) is 0 Å². The first-order chi connectivity index (χ1) is 7.77. The number of para-hydroxylation sites is 1. The molecule has 2 nitrogen and oxygen atoms in total. The van der Waals surface area contributed by atoms with Gasteiger partial charge in [0.1, 0.15) is 12.4 Å². The first kappa shape index (κ1) is 11.5. The molecule has 88 valence electrons. The van der Waals surface area contributed by atoms with Crippen molar-refractivity contribution in [3.63, 3.8) is 0 Å². The molecule has 0 radical (unpaired) electrons. The lowest BCUT2D eigenvalue weighted by Crippen LogP contribution is -2.40. The molecule has 1 saturated heterocycles. The largest absolute Gasteiger partial charge is 0.492 e. The summed E-state index contributed by atoms with van der Waals surface area (Å²) in [7, 11) is 2.20. The Balaban J connectivity index is 1.89. The van der Waals surface area contributed by atoms with Gasteiger partial charge in [-0.2, -0.15) is 0 Å². The van der Waals surface area contributed by atoms with Crippen LogP contribution in [-0.4, -0.2) is 31.1 Å². The van der Waals surface area contributed by atoms with Crippen LogP contribution in [0.5, 0.6) is 5.75 Å². The Hall–Kier alpha value is -1.02. The molecule has 1 aromatic rings.